The molecule has 2 rings (SSSR count). The van der Waals surface area contributed by atoms with Crippen molar-refractivity contribution in [3.8, 4) is 0 Å². The van der Waals surface area contributed by atoms with Gasteiger partial charge in [0.25, 0.3) is 0 Å². The highest BCUT2D eigenvalue weighted by Crippen LogP contribution is 2.29. The summed E-state index contributed by atoms with van der Waals surface area (Å²) >= 11 is 0. The molecule has 0 bridgehead atoms. The summed E-state index contributed by atoms with van der Waals surface area (Å²) in [5.74, 6) is 0. The lowest BCUT2D eigenvalue weighted by Crippen LogP contribution is -2.37. The van der Waals surface area contributed by atoms with Crippen LogP contribution in [-0.4, -0.2) is 25.8 Å². The van der Waals surface area contributed by atoms with Gasteiger partial charge in [-0.15, -0.1) is 0 Å². The molecule has 1 saturated heterocycles. The van der Waals surface area contributed by atoms with Crippen LogP contribution in [0.1, 0.15) is 18.9 Å². The van der Waals surface area contributed by atoms with Crippen LogP contribution >= 0.6 is 0 Å². The van der Waals surface area contributed by atoms with Gasteiger partial charge in [-0.05, 0) is 38.0 Å². The number of ether oxygens (including phenoxy) is 1. The minimum atomic E-state index is 0.297. The second-order valence-electron chi connectivity index (χ2n) is 4.53. The standard InChI is InChI=1S/C13H20N2O/c1-9-11(14)5-4-6-12(9)15(3)13-7-8-16-10(13)2/h4-6,10,13H,7-8,14H2,1-3H3. The van der Waals surface area contributed by atoms with Crippen molar-refractivity contribution in [2.45, 2.75) is 32.4 Å². The molecule has 1 aliphatic heterocycles. The maximum atomic E-state index is 5.93. The molecule has 1 aromatic rings. The smallest absolute Gasteiger partial charge is 0.0750 e. The fourth-order valence-electron chi connectivity index (χ4n) is 2.43. The van der Waals surface area contributed by atoms with E-state index < -0.39 is 0 Å². The first-order chi connectivity index (χ1) is 7.61. The van der Waals surface area contributed by atoms with Crippen LogP contribution in [0.5, 0.6) is 0 Å². The Hall–Kier alpha value is -1.22. The van der Waals surface area contributed by atoms with Crippen LogP contribution in [0.25, 0.3) is 0 Å². The average molecular weight is 220 g/mol. The van der Waals surface area contributed by atoms with E-state index in [1.54, 1.807) is 0 Å². The Bertz CT molecular complexity index is 378. The van der Waals surface area contributed by atoms with Crippen LogP contribution in [0.15, 0.2) is 18.2 Å². The third-order valence-corrected chi connectivity index (χ3v) is 3.56. The van der Waals surface area contributed by atoms with Crippen LogP contribution in [-0.2, 0) is 4.74 Å². The topological polar surface area (TPSA) is 38.5 Å². The van der Waals surface area contributed by atoms with E-state index in [2.05, 4.69) is 31.9 Å². The molecule has 0 aliphatic carbocycles. The first kappa shape index (κ1) is 11.3. The van der Waals surface area contributed by atoms with Gasteiger partial charge in [0.05, 0.1) is 12.1 Å². The Morgan fingerprint density at radius 2 is 2.19 bits per heavy atom. The van der Waals surface area contributed by atoms with Gasteiger partial charge in [0, 0.05) is 25.0 Å². The number of hydrogen-bond donors (Lipinski definition) is 1. The number of benzene rings is 1. The molecule has 2 unspecified atom stereocenters. The van der Waals surface area contributed by atoms with E-state index >= 15 is 0 Å². The molecule has 2 atom stereocenters. The largest absolute Gasteiger partial charge is 0.398 e. The van der Waals surface area contributed by atoms with E-state index in [1.165, 1.54) is 5.69 Å². The maximum Gasteiger partial charge on any atom is 0.0750 e. The SMILES string of the molecule is Cc1c(N)cccc1N(C)C1CCOC1C. The van der Waals surface area contributed by atoms with E-state index in [1.807, 2.05) is 12.1 Å². The number of likely N-dealkylation sites (N-methyl/N-ethyl adjacent to an activating group) is 1. The summed E-state index contributed by atoms with van der Waals surface area (Å²) in [4.78, 5) is 2.30. The third kappa shape index (κ3) is 1.87. The van der Waals surface area contributed by atoms with E-state index in [-0.39, 0.29) is 0 Å². The van der Waals surface area contributed by atoms with E-state index in [0.29, 0.717) is 12.1 Å². The van der Waals surface area contributed by atoms with Crippen LogP contribution < -0.4 is 10.6 Å². The number of nitrogen functional groups attached to an aromatic ring is 1. The zero-order valence-corrected chi connectivity index (χ0v) is 10.2. The molecule has 88 valence electrons. The van der Waals surface area contributed by atoms with E-state index in [0.717, 1.165) is 24.3 Å². The van der Waals surface area contributed by atoms with Gasteiger partial charge in [-0.2, -0.15) is 0 Å². The molecule has 0 spiro atoms. The highest BCUT2D eigenvalue weighted by atomic mass is 16.5. The van der Waals surface area contributed by atoms with Crippen LogP contribution in [0, 0.1) is 6.92 Å². The van der Waals surface area contributed by atoms with Crippen molar-refractivity contribution in [3.63, 3.8) is 0 Å². The van der Waals surface area contributed by atoms with Crippen molar-refractivity contribution < 1.29 is 4.74 Å². The van der Waals surface area contributed by atoms with Crippen molar-refractivity contribution in [1.29, 1.82) is 0 Å². The molecule has 0 aromatic heterocycles. The summed E-state index contributed by atoms with van der Waals surface area (Å²) in [6.07, 6.45) is 1.39. The van der Waals surface area contributed by atoms with Crippen molar-refractivity contribution in [1.82, 2.24) is 0 Å². The fraction of sp³-hybridized carbons (Fsp3) is 0.538. The van der Waals surface area contributed by atoms with Gasteiger partial charge in [-0.25, -0.2) is 0 Å². The van der Waals surface area contributed by atoms with Gasteiger partial charge in [0.1, 0.15) is 0 Å². The lowest BCUT2D eigenvalue weighted by atomic mass is 10.1. The number of rotatable bonds is 2. The summed E-state index contributed by atoms with van der Waals surface area (Å²) < 4.78 is 5.61. The van der Waals surface area contributed by atoms with Gasteiger partial charge in [-0.3, -0.25) is 0 Å². The molecular formula is C13H20N2O. The highest BCUT2D eigenvalue weighted by molar-refractivity contribution is 5.64. The summed E-state index contributed by atoms with van der Waals surface area (Å²) in [7, 11) is 2.12. The number of nitrogens with zero attached hydrogens (tertiary/aromatic N) is 1. The Balaban J connectivity index is 2.26. The van der Waals surface area contributed by atoms with Gasteiger partial charge < -0.3 is 15.4 Å². The van der Waals surface area contributed by atoms with E-state index in [4.69, 9.17) is 10.5 Å². The highest BCUT2D eigenvalue weighted by Gasteiger charge is 2.28. The van der Waals surface area contributed by atoms with Gasteiger partial charge in [0.15, 0.2) is 0 Å². The summed E-state index contributed by atoms with van der Waals surface area (Å²) in [5, 5.41) is 0. The fourth-order valence-corrected chi connectivity index (χ4v) is 2.43. The molecule has 1 aliphatic rings. The van der Waals surface area contributed by atoms with Crippen molar-refractivity contribution >= 4 is 11.4 Å². The Morgan fingerprint density at radius 3 is 2.81 bits per heavy atom. The number of nitrogens with two attached hydrogens (primary N) is 1. The van der Waals surface area contributed by atoms with E-state index in [9.17, 15) is 0 Å². The molecule has 0 saturated carbocycles. The first-order valence-electron chi connectivity index (χ1n) is 5.81. The molecular weight excluding hydrogens is 200 g/mol. The molecule has 3 nitrogen and oxygen atoms in total. The second-order valence-corrected chi connectivity index (χ2v) is 4.53. The molecule has 1 heterocycles. The van der Waals surface area contributed by atoms with Gasteiger partial charge >= 0.3 is 0 Å². The lowest BCUT2D eigenvalue weighted by Gasteiger charge is -2.30. The third-order valence-electron chi connectivity index (χ3n) is 3.56. The normalized spacial score (nSPS) is 24.7. The molecule has 0 amide bonds. The first-order valence-corrected chi connectivity index (χ1v) is 5.81. The minimum Gasteiger partial charge on any atom is -0.398 e. The van der Waals surface area contributed by atoms with Crippen molar-refractivity contribution in [2.24, 2.45) is 0 Å². The zero-order valence-electron chi connectivity index (χ0n) is 10.2. The molecule has 0 radical (unpaired) electrons. The average Bonchev–Trinajstić information content (AvgIpc) is 2.68. The van der Waals surface area contributed by atoms with Crippen LogP contribution in [0.4, 0.5) is 11.4 Å². The van der Waals surface area contributed by atoms with Gasteiger partial charge in [-0.1, -0.05) is 6.07 Å². The lowest BCUT2D eigenvalue weighted by molar-refractivity contribution is 0.118. The summed E-state index contributed by atoms with van der Waals surface area (Å²) in [5.41, 5.74) is 9.16. The Kier molecular flexibility index (Phi) is 3.06. The number of anilines is 2. The maximum absolute atomic E-state index is 5.93. The minimum absolute atomic E-state index is 0.297. The van der Waals surface area contributed by atoms with Crippen molar-refractivity contribution in [2.75, 3.05) is 24.3 Å². The predicted octanol–water partition coefficient (Wildman–Crippen LogP) is 2.19. The van der Waals surface area contributed by atoms with Gasteiger partial charge in [0.2, 0.25) is 0 Å². The quantitative estimate of drug-likeness (QED) is 0.776. The predicted molar refractivity (Wildman–Crippen MR) is 67.8 cm³/mol. The second kappa shape index (κ2) is 4.34. The molecule has 2 N–H and O–H groups in total. The molecule has 1 fully saturated rings. The summed E-state index contributed by atoms with van der Waals surface area (Å²) in [6, 6.07) is 6.53. The van der Waals surface area contributed by atoms with Crippen LogP contribution in [0.2, 0.25) is 0 Å². The zero-order chi connectivity index (χ0) is 11.7. The molecule has 3 heteroatoms. The van der Waals surface area contributed by atoms with Crippen molar-refractivity contribution in [3.05, 3.63) is 23.8 Å². The van der Waals surface area contributed by atoms with Crippen LogP contribution in [0.3, 0.4) is 0 Å². The monoisotopic (exact) mass is 220 g/mol. The Labute approximate surface area is 97.2 Å². The molecule has 1 aromatic carbocycles. The summed E-state index contributed by atoms with van der Waals surface area (Å²) in [6.45, 7) is 5.06. The number of hydrogen-bond acceptors (Lipinski definition) is 3. The molecule has 16 heavy (non-hydrogen) atoms. The Morgan fingerprint density at radius 1 is 1.44 bits per heavy atom.